The van der Waals surface area contributed by atoms with Crippen molar-refractivity contribution >= 4 is 28.4 Å². The molecule has 0 aromatic heterocycles. The molecule has 1 rings (SSSR count). The smallest absolute Gasteiger partial charge is 0.157 e. The zero-order chi connectivity index (χ0) is 12.8. The first kappa shape index (κ1) is 14.5. The van der Waals surface area contributed by atoms with Gasteiger partial charge in [0.2, 0.25) is 0 Å². The highest BCUT2D eigenvalue weighted by Crippen LogP contribution is 2.27. The van der Waals surface area contributed by atoms with Crippen LogP contribution in [0.5, 0.6) is 0 Å². The monoisotopic (exact) mass is 350 g/mol. The third kappa shape index (κ3) is 4.69. The number of carbonyl (C=O) groups excluding carboxylic acids is 1. The molecule has 4 heteroatoms. The van der Waals surface area contributed by atoms with Gasteiger partial charge < -0.3 is 9.84 Å². The number of rotatable bonds is 6. The zero-order valence-corrected chi connectivity index (χ0v) is 12.5. The van der Waals surface area contributed by atoms with E-state index < -0.39 is 0 Å². The van der Waals surface area contributed by atoms with E-state index in [1.165, 1.54) is 5.57 Å². The van der Waals surface area contributed by atoms with Crippen LogP contribution in [0.1, 0.15) is 39.5 Å². The molecule has 1 aliphatic carbocycles. The number of halogens is 1. The molecule has 1 aliphatic rings. The summed E-state index contributed by atoms with van der Waals surface area (Å²) in [4.78, 5) is 11.1. The number of ether oxygens (including phenoxy) is 1. The fraction of sp³-hybridized carbons (Fsp3) is 0.615. The fourth-order valence-electron chi connectivity index (χ4n) is 1.73. The molecular weight excluding hydrogens is 331 g/mol. The Labute approximate surface area is 116 Å². The van der Waals surface area contributed by atoms with Crippen molar-refractivity contribution in [2.45, 2.75) is 39.5 Å². The number of carbonyl (C=O) groups is 1. The molecule has 1 atom stereocenters. The Morgan fingerprint density at radius 3 is 2.88 bits per heavy atom. The van der Waals surface area contributed by atoms with Crippen molar-refractivity contribution in [3.8, 4) is 0 Å². The van der Waals surface area contributed by atoms with Gasteiger partial charge in [0.1, 0.15) is 16.2 Å². The second-order valence-corrected chi connectivity index (χ2v) is 5.04. The lowest BCUT2D eigenvalue weighted by atomic mass is 9.93. The zero-order valence-electron chi connectivity index (χ0n) is 10.3. The van der Waals surface area contributed by atoms with Crippen LogP contribution in [0.25, 0.3) is 0 Å². The van der Waals surface area contributed by atoms with Gasteiger partial charge in [0, 0.05) is 12.3 Å². The molecule has 0 aromatic carbocycles. The molecule has 0 bridgehead atoms. The van der Waals surface area contributed by atoms with Crippen molar-refractivity contribution in [3.63, 3.8) is 0 Å². The number of hydrogen-bond acceptors (Lipinski definition) is 3. The van der Waals surface area contributed by atoms with E-state index in [0.29, 0.717) is 22.6 Å². The molecule has 17 heavy (non-hydrogen) atoms. The van der Waals surface area contributed by atoms with Crippen LogP contribution in [0.15, 0.2) is 23.2 Å². The van der Waals surface area contributed by atoms with Gasteiger partial charge in [0.05, 0.1) is 0 Å². The van der Waals surface area contributed by atoms with E-state index in [9.17, 15) is 9.90 Å². The fourth-order valence-corrected chi connectivity index (χ4v) is 2.06. The Balaban J connectivity index is 2.55. The van der Waals surface area contributed by atoms with E-state index >= 15 is 0 Å². The minimum atomic E-state index is 0.115. The van der Waals surface area contributed by atoms with Crippen molar-refractivity contribution < 1.29 is 14.6 Å². The Morgan fingerprint density at radius 2 is 2.29 bits per heavy atom. The SMILES string of the molecule is CC(=O)[C@@H](C)CCC1=CC(OCI)=C(O)CC1. The molecule has 0 radical (unpaired) electrons. The largest absolute Gasteiger partial charge is 0.508 e. The van der Waals surface area contributed by atoms with Gasteiger partial charge in [0.15, 0.2) is 5.76 Å². The molecule has 0 fully saturated rings. The summed E-state index contributed by atoms with van der Waals surface area (Å²) in [6, 6.07) is 0. The van der Waals surface area contributed by atoms with E-state index in [1.54, 1.807) is 6.92 Å². The Bertz CT molecular complexity index is 345. The maximum atomic E-state index is 11.1. The van der Waals surface area contributed by atoms with E-state index in [4.69, 9.17) is 4.74 Å². The molecule has 0 unspecified atom stereocenters. The second kappa shape index (κ2) is 7.03. The van der Waals surface area contributed by atoms with Gasteiger partial charge in [-0.25, -0.2) is 0 Å². The van der Waals surface area contributed by atoms with Crippen LogP contribution >= 0.6 is 22.6 Å². The highest BCUT2D eigenvalue weighted by Gasteiger charge is 2.15. The van der Waals surface area contributed by atoms with Crippen molar-refractivity contribution in [1.29, 1.82) is 0 Å². The highest BCUT2D eigenvalue weighted by atomic mass is 127. The summed E-state index contributed by atoms with van der Waals surface area (Å²) in [6.07, 6.45) is 5.21. The van der Waals surface area contributed by atoms with Crippen molar-refractivity contribution in [3.05, 3.63) is 23.2 Å². The van der Waals surface area contributed by atoms with Crippen molar-refractivity contribution in [2.75, 3.05) is 4.61 Å². The normalized spacial score (nSPS) is 17.7. The lowest BCUT2D eigenvalue weighted by molar-refractivity contribution is -0.120. The highest BCUT2D eigenvalue weighted by molar-refractivity contribution is 14.1. The van der Waals surface area contributed by atoms with Gasteiger partial charge >= 0.3 is 0 Å². The number of aliphatic hydroxyl groups is 1. The summed E-state index contributed by atoms with van der Waals surface area (Å²) in [5.41, 5.74) is 1.26. The third-order valence-electron chi connectivity index (χ3n) is 3.11. The Hall–Kier alpha value is -0.520. The third-order valence-corrected chi connectivity index (χ3v) is 3.42. The average molecular weight is 350 g/mol. The molecule has 0 aliphatic heterocycles. The number of allylic oxidation sites excluding steroid dienone is 3. The lowest BCUT2D eigenvalue weighted by Gasteiger charge is -2.17. The first-order chi connectivity index (χ1) is 8.04. The number of Topliss-reactive ketones (excluding diaryl/α,β-unsaturated/α-hetero) is 1. The summed E-state index contributed by atoms with van der Waals surface area (Å²) in [5, 5.41) is 9.64. The minimum Gasteiger partial charge on any atom is -0.508 e. The van der Waals surface area contributed by atoms with Gasteiger partial charge in [-0.05, 0) is 54.9 Å². The predicted molar refractivity (Wildman–Crippen MR) is 76.0 cm³/mol. The van der Waals surface area contributed by atoms with Gasteiger partial charge in [-0.2, -0.15) is 0 Å². The van der Waals surface area contributed by atoms with Crippen molar-refractivity contribution in [2.24, 2.45) is 5.92 Å². The van der Waals surface area contributed by atoms with E-state index in [1.807, 2.05) is 13.0 Å². The molecule has 0 spiro atoms. The van der Waals surface area contributed by atoms with E-state index in [2.05, 4.69) is 22.6 Å². The van der Waals surface area contributed by atoms with Crippen molar-refractivity contribution in [1.82, 2.24) is 0 Å². The topological polar surface area (TPSA) is 46.5 Å². The molecule has 1 N–H and O–H groups in total. The first-order valence-corrected chi connectivity index (χ1v) is 7.38. The van der Waals surface area contributed by atoms with Crippen LogP contribution in [0, 0.1) is 5.92 Å². The second-order valence-electron chi connectivity index (χ2n) is 4.42. The quantitative estimate of drug-likeness (QED) is 0.584. The molecule has 0 heterocycles. The molecule has 0 amide bonds. The number of aliphatic hydroxyl groups excluding tert-OH is 1. The average Bonchev–Trinajstić information content (AvgIpc) is 2.29. The van der Waals surface area contributed by atoms with E-state index in [-0.39, 0.29) is 11.7 Å². The molecule has 3 nitrogen and oxygen atoms in total. The maximum absolute atomic E-state index is 11.1. The molecule has 0 saturated heterocycles. The standard InChI is InChI=1S/C13H19IO3/c1-9(10(2)15)3-4-11-5-6-12(16)13(7-11)17-8-14/h7,9,16H,3-6,8H2,1-2H3/t9-/m0/s1. The number of hydrogen-bond donors (Lipinski definition) is 1. The van der Waals surface area contributed by atoms with Crippen LogP contribution < -0.4 is 0 Å². The van der Waals surface area contributed by atoms with Gasteiger partial charge in [-0.1, -0.05) is 12.5 Å². The number of ketones is 1. The summed E-state index contributed by atoms with van der Waals surface area (Å²) >= 11 is 2.11. The molecule has 0 saturated carbocycles. The summed E-state index contributed by atoms with van der Waals surface area (Å²) < 4.78 is 5.89. The predicted octanol–water partition coefficient (Wildman–Crippen LogP) is 3.89. The van der Waals surface area contributed by atoms with Crippen LogP contribution in [0.3, 0.4) is 0 Å². The van der Waals surface area contributed by atoms with Crippen LogP contribution in [0.2, 0.25) is 0 Å². The first-order valence-electron chi connectivity index (χ1n) is 5.85. The number of alkyl halides is 1. The Kier molecular flexibility index (Phi) is 6.02. The van der Waals surface area contributed by atoms with E-state index in [0.717, 1.165) is 19.3 Å². The van der Waals surface area contributed by atoms with Crippen LogP contribution in [-0.2, 0) is 9.53 Å². The summed E-state index contributed by atoms with van der Waals surface area (Å²) in [7, 11) is 0. The van der Waals surface area contributed by atoms with Gasteiger partial charge in [0.25, 0.3) is 0 Å². The van der Waals surface area contributed by atoms with Gasteiger partial charge in [-0.3, -0.25) is 4.79 Å². The summed E-state index contributed by atoms with van der Waals surface area (Å²) in [6.45, 7) is 3.59. The lowest BCUT2D eigenvalue weighted by Crippen LogP contribution is -2.08. The Morgan fingerprint density at radius 1 is 1.59 bits per heavy atom. The molecule has 0 aromatic rings. The summed E-state index contributed by atoms with van der Waals surface area (Å²) in [5.74, 6) is 1.29. The maximum Gasteiger partial charge on any atom is 0.157 e. The molecular formula is C13H19IO3. The van der Waals surface area contributed by atoms with Crippen LogP contribution in [-0.4, -0.2) is 15.5 Å². The minimum absolute atomic E-state index is 0.115. The van der Waals surface area contributed by atoms with Gasteiger partial charge in [-0.15, -0.1) is 0 Å². The van der Waals surface area contributed by atoms with Crippen LogP contribution in [0.4, 0.5) is 0 Å². The molecule has 96 valence electrons.